The normalized spacial score (nSPS) is 10.1. The van der Waals surface area contributed by atoms with Gasteiger partial charge in [-0.25, -0.2) is 4.79 Å². The number of hydrogen-bond donors (Lipinski definition) is 1. The summed E-state index contributed by atoms with van der Waals surface area (Å²) in [5.41, 5.74) is 1.37. The van der Waals surface area contributed by atoms with Gasteiger partial charge in [-0.2, -0.15) is 0 Å². The Kier molecular flexibility index (Phi) is 5.90. The van der Waals surface area contributed by atoms with Gasteiger partial charge in [0.1, 0.15) is 5.56 Å². The number of carbonyl (C=O) groups excluding carboxylic acids is 2. The number of nitro groups is 1. The number of ether oxygens (including phenoxy) is 1. The molecule has 136 valence electrons. The quantitative estimate of drug-likeness (QED) is 0.484. The predicted molar refractivity (Wildman–Crippen MR) is 97.5 cm³/mol. The van der Waals surface area contributed by atoms with Crippen molar-refractivity contribution in [3.63, 3.8) is 0 Å². The molecule has 0 saturated heterocycles. The molecule has 0 heterocycles. The van der Waals surface area contributed by atoms with Gasteiger partial charge in [0.15, 0.2) is 6.61 Å². The van der Waals surface area contributed by atoms with Crippen LogP contribution in [0.2, 0.25) is 0 Å². The molecule has 0 aliphatic carbocycles. The van der Waals surface area contributed by atoms with Crippen molar-refractivity contribution >= 4 is 28.9 Å². The molecule has 0 saturated carbocycles. The molecule has 0 radical (unpaired) electrons. The molecule has 8 nitrogen and oxygen atoms in total. The molecule has 2 rings (SSSR count). The average Bonchev–Trinajstić information content (AvgIpc) is 2.59. The van der Waals surface area contributed by atoms with Gasteiger partial charge in [-0.15, -0.1) is 0 Å². The largest absolute Gasteiger partial charge is 0.452 e. The van der Waals surface area contributed by atoms with Crippen LogP contribution < -0.4 is 10.2 Å². The van der Waals surface area contributed by atoms with Gasteiger partial charge in [0.2, 0.25) is 0 Å². The summed E-state index contributed by atoms with van der Waals surface area (Å²) >= 11 is 0. The van der Waals surface area contributed by atoms with Crippen LogP contribution in [0.15, 0.2) is 42.5 Å². The number of nitrogens with one attached hydrogen (secondary N) is 1. The van der Waals surface area contributed by atoms with Crippen LogP contribution in [0.3, 0.4) is 0 Å². The Balaban J connectivity index is 1.98. The van der Waals surface area contributed by atoms with Crippen LogP contribution >= 0.6 is 0 Å². The lowest BCUT2D eigenvalue weighted by molar-refractivity contribution is -0.385. The molecule has 0 aromatic heterocycles. The predicted octanol–water partition coefficient (Wildman–Crippen LogP) is 2.76. The van der Waals surface area contributed by atoms with E-state index in [0.29, 0.717) is 11.3 Å². The lowest BCUT2D eigenvalue weighted by atomic mass is 10.1. The number of esters is 1. The van der Waals surface area contributed by atoms with Crippen molar-refractivity contribution in [3.8, 4) is 0 Å². The van der Waals surface area contributed by atoms with E-state index >= 15 is 0 Å². The Labute approximate surface area is 150 Å². The minimum atomic E-state index is -0.918. The standard InChI is InChI=1S/C18H19N3O5/c1-12-5-4-6-15(17(12)21(24)25)18(23)26-11-16(22)19-13-7-9-14(10-8-13)20(2)3/h4-10H,11H2,1-3H3,(H,19,22). The minimum absolute atomic E-state index is 0.182. The van der Waals surface area contributed by atoms with Crippen LogP contribution in [0, 0.1) is 17.0 Å². The number of para-hydroxylation sites is 1. The number of benzene rings is 2. The highest BCUT2D eigenvalue weighted by molar-refractivity contribution is 5.97. The second-order valence-electron chi connectivity index (χ2n) is 5.79. The summed E-state index contributed by atoms with van der Waals surface area (Å²) in [5, 5.41) is 13.7. The number of rotatable bonds is 6. The Hall–Kier alpha value is -3.42. The third kappa shape index (κ3) is 4.56. The average molecular weight is 357 g/mol. The minimum Gasteiger partial charge on any atom is -0.452 e. The van der Waals surface area contributed by atoms with Crippen molar-refractivity contribution in [1.82, 2.24) is 0 Å². The van der Waals surface area contributed by atoms with Crippen molar-refractivity contribution in [1.29, 1.82) is 0 Å². The fraction of sp³-hybridized carbons (Fsp3) is 0.222. The third-order valence-corrected chi connectivity index (χ3v) is 3.64. The van der Waals surface area contributed by atoms with E-state index in [1.807, 2.05) is 31.1 Å². The van der Waals surface area contributed by atoms with Gasteiger partial charge < -0.3 is 15.0 Å². The SMILES string of the molecule is Cc1cccc(C(=O)OCC(=O)Nc2ccc(N(C)C)cc2)c1[N+](=O)[O-]. The number of nitrogens with zero attached hydrogens (tertiary/aromatic N) is 2. The molecule has 0 spiro atoms. The summed E-state index contributed by atoms with van der Waals surface area (Å²) in [4.78, 5) is 36.4. The van der Waals surface area contributed by atoms with Crippen LogP contribution in [0.4, 0.5) is 17.1 Å². The fourth-order valence-corrected chi connectivity index (χ4v) is 2.31. The first-order valence-electron chi connectivity index (χ1n) is 7.78. The molecule has 2 aromatic rings. The highest BCUT2D eigenvalue weighted by Gasteiger charge is 2.24. The summed E-state index contributed by atoms with van der Waals surface area (Å²) in [6.45, 7) is 0.984. The van der Waals surface area contributed by atoms with Gasteiger partial charge in [-0.05, 0) is 37.3 Å². The topological polar surface area (TPSA) is 102 Å². The maximum atomic E-state index is 12.1. The number of amides is 1. The molecule has 0 atom stereocenters. The summed E-state index contributed by atoms with van der Waals surface area (Å²) < 4.78 is 4.91. The van der Waals surface area contributed by atoms with Crippen molar-refractivity contribution in [2.24, 2.45) is 0 Å². The number of hydrogen-bond acceptors (Lipinski definition) is 6. The van der Waals surface area contributed by atoms with E-state index in [4.69, 9.17) is 4.74 Å². The Morgan fingerprint density at radius 3 is 2.38 bits per heavy atom. The van der Waals surface area contributed by atoms with Crippen molar-refractivity contribution < 1.29 is 19.2 Å². The van der Waals surface area contributed by atoms with Crippen LogP contribution in [-0.2, 0) is 9.53 Å². The van der Waals surface area contributed by atoms with E-state index in [0.717, 1.165) is 5.69 Å². The number of aryl methyl sites for hydroxylation is 1. The van der Waals surface area contributed by atoms with Gasteiger partial charge >= 0.3 is 5.97 Å². The van der Waals surface area contributed by atoms with E-state index in [1.165, 1.54) is 25.1 Å². The molecular weight excluding hydrogens is 338 g/mol. The molecular formula is C18H19N3O5. The van der Waals surface area contributed by atoms with Crippen LogP contribution in [-0.4, -0.2) is 37.5 Å². The smallest absolute Gasteiger partial charge is 0.345 e. The summed E-state index contributed by atoms with van der Waals surface area (Å²) in [6, 6.07) is 11.5. The van der Waals surface area contributed by atoms with Gasteiger partial charge in [0.25, 0.3) is 11.6 Å². The Morgan fingerprint density at radius 1 is 1.15 bits per heavy atom. The van der Waals surface area contributed by atoms with Crippen LogP contribution in [0.5, 0.6) is 0 Å². The summed E-state index contributed by atoms with van der Waals surface area (Å²) in [7, 11) is 3.80. The monoisotopic (exact) mass is 357 g/mol. The van der Waals surface area contributed by atoms with E-state index in [1.54, 1.807) is 12.1 Å². The molecule has 0 fully saturated rings. The molecule has 1 N–H and O–H groups in total. The zero-order chi connectivity index (χ0) is 19.3. The van der Waals surface area contributed by atoms with E-state index in [2.05, 4.69) is 5.32 Å². The second-order valence-corrected chi connectivity index (χ2v) is 5.79. The maximum absolute atomic E-state index is 12.1. The first kappa shape index (κ1) is 18.9. The number of carbonyl (C=O) groups is 2. The van der Waals surface area contributed by atoms with Gasteiger partial charge in [-0.1, -0.05) is 12.1 Å². The molecule has 1 amide bonds. The second kappa shape index (κ2) is 8.11. The van der Waals surface area contributed by atoms with E-state index < -0.39 is 23.4 Å². The molecule has 0 aliphatic heterocycles. The Bertz CT molecular complexity index is 831. The third-order valence-electron chi connectivity index (χ3n) is 3.64. The lowest BCUT2D eigenvalue weighted by Crippen LogP contribution is -2.21. The van der Waals surface area contributed by atoms with Crippen molar-refractivity contribution in [2.75, 3.05) is 30.9 Å². The first-order chi connectivity index (χ1) is 12.3. The van der Waals surface area contributed by atoms with Crippen LogP contribution in [0.1, 0.15) is 15.9 Å². The van der Waals surface area contributed by atoms with E-state index in [-0.39, 0.29) is 11.3 Å². The number of anilines is 2. The van der Waals surface area contributed by atoms with Crippen LogP contribution in [0.25, 0.3) is 0 Å². The van der Waals surface area contributed by atoms with Crippen molar-refractivity contribution in [3.05, 3.63) is 63.7 Å². The van der Waals surface area contributed by atoms with Gasteiger partial charge in [0, 0.05) is 31.0 Å². The molecule has 0 aliphatic rings. The first-order valence-corrected chi connectivity index (χ1v) is 7.78. The summed E-state index contributed by atoms with van der Waals surface area (Å²) in [5.74, 6) is -1.45. The molecule has 26 heavy (non-hydrogen) atoms. The molecule has 0 bridgehead atoms. The molecule has 0 unspecified atom stereocenters. The Morgan fingerprint density at radius 2 is 1.81 bits per heavy atom. The molecule has 8 heteroatoms. The highest BCUT2D eigenvalue weighted by atomic mass is 16.6. The number of nitro benzene ring substituents is 1. The zero-order valence-electron chi connectivity index (χ0n) is 14.7. The van der Waals surface area contributed by atoms with Gasteiger partial charge in [0.05, 0.1) is 4.92 Å². The maximum Gasteiger partial charge on any atom is 0.345 e. The zero-order valence-corrected chi connectivity index (χ0v) is 14.7. The van der Waals surface area contributed by atoms with Gasteiger partial charge in [-0.3, -0.25) is 14.9 Å². The summed E-state index contributed by atoms with van der Waals surface area (Å²) in [6.07, 6.45) is 0. The fourth-order valence-electron chi connectivity index (χ4n) is 2.31. The van der Waals surface area contributed by atoms with E-state index in [9.17, 15) is 19.7 Å². The van der Waals surface area contributed by atoms with Crippen molar-refractivity contribution in [2.45, 2.75) is 6.92 Å². The highest BCUT2D eigenvalue weighted by Crippen LogP contribution is 2.23. The molecule has 2 aromatic carbocycles. The lowest BCUT2D eigenvalue weighted by Gasteiger charge is -2.13.